The van der Waals surface area contributed by atoms with Crippen LogP contribution in [-0.4, -0.2) is 12.2 Å². The predicted molar refractivity (Wildman–Crippen MR) is 45.9 cm³/mol. The lowest BCUT2D eigenvalue weighted by Crippen LogP contribution is -2.41. The van der Waals surface area contributed by atoms with E-state index in [9.17, 15) is 0 Å². The molecule has 1 aliphatic heterocycles. The maximum Gasteiger partial charge on any atom is 0.0745 e. The zero-order chi connectivity index (χ0) is 7.86. The number of ether oxygens (including phenoxy) is 1. The summed E-state index contributed by atoms with van der Waals surface area (Å²) in [4.78, 5) is 0. The summed E-state index contributed by atoms with van der Waals surface area (Å²) in [5.41, 5.74) is 1.96. The fourth-order valence-electron chi connectivity index (χ4n) is 4.03. The van der Waals surface area contributed by atoms with E-state index in [1.165, 1.54) is 44.9 Å². The summed E-state index contributed by atoms with van der Waals surface area (Å²) < 4.78 is 6.03. The van der Waals surface area contributed by atoms with Crippen molar-refractivity contribution in [3.63, 3.8) is 0 Å². The monoisotopic (exact) mass is 164 g/mol. The summed E-state index contributed by atoms with van der Waals surface area (Å²) >= 11 is 0. The number of hydrogen-bond donors (Lipinski definition) is 0. The molecule has 0 amide bonds. The van der Waals surface area contributed by atoms with E-state index in [2.05, 4.69) is 0 Å². The summed E-state index contributed by atoms with van der Waals surface area (Å²) in [6, 6.07) is 0. The van der Waals surface area contributed by atoms with Crippen LogP contribution in [0.15, 0.2) is 0 Å². The molecule has 0 bridgehead atoms. The highest BCUT2D eigenvalue weighted by Gasteiger charge is 2.78. The van der Waals surface area contributed by atoms with E-state index in [1.54, 1.807) is 0 Å². The quantitative estimate of drug-likeness (QED) is 0.534. The van der Waals surface area contributed by atoms with Crippen molar-refractivity contribution in [2.24, 2.45) is 10.8 Å². The topological polar surface area (TPSA) is 9.23 Å². The van der Waals surface area contributed by atoms with Crippen molar-refractivity contribution in [3.8, 4) is 0 Å². The lowest BCUT2D eigenvalue weighted by atomic mass is 9.75. The van der Waals surface area contributed by atoms with Gasteiger partial charge in [0.15, 0.2) is 0 Å². The molecule has 0 N–H and O–H groups in total. The Morgan fingerprint density at radius 3 is 2.00 bits per heavy atom. The largest absolute Gasteiger partial charge is 0.374 e. The van der Waals surface area contributed by atoms with Crippen molar-refractivity contribution in [1.29, 1.82) is 0 Å². The smallest absolute Gasteiger partial charge is 0.0745 e. The van der Waals surface area contributed by atoms with E-state index < -0.39 is 0 Å². The van der Waals surface area contributed by atoms with Crippen LogP contribution in [-0.2, 0) is 4.74 Å². The van der Waals surface area contributed by atoms with E-state index >= 15 is 0 Å². The molecule has 3 aliphatic carbocycles. The fraction of sp³-hybridized carbons (Fsp3) is 1.00. The van der Waals surface area contributed by atoms with Gasteiger partial charge in [-0.3, -0.25) is 0 Å². The highest BCUT2D eigenvalue weighted by molar-refractivity contribution is 5.28. The molecule has 1 nitrogen and oxygen atoms in total. The predicted octanol–water partition coefficient (Wildman–Crippen LogP) is 2.50. The number of hydrogen-bond acceptors (Lipinski definition) is 1. The Bertz CT molecular complexity index is 222. The number of fused-ring (bicyclic) bond motifs is 2. The van der Waals surface area contributed by atoms with Gasteiger partial charge in [0.1, 0.15) is 0 Å². The van der Waals surface area contributed by atoms with Crippen LogP contribution in [0.4, 0.5) is 0 Å². The molecule has 12 heavy (non-hydrogen) atoms. The minimum atomic E-state index is 0.432. The van der Waals surface area contributed by atoms with Gasteiger partial charge in [-0.25, -0.2) is 0 Å². The first-order chi connectivity index (χ1) is 5.83. The molecular formula is C11H16O. The molecular weight excluding hydrogens is 148 g/mol. The normalized spacial score (nSPS) is 42.0. The maximum absolute atomic E-state index is 6.03. The third-order valence-corrected chi connectivity index (χ3v) is 5.15. The molecule has 3 saturated carbocycles. The van der Waals surface area contributed by atoms with Crippen LogP contribution >= 0.6 is 0 Å². The van der Waals surface area contributed by atoms with Gasteiger partial charge in [0.05, 0.1) is 5.60 Å². The van der Waals surface area contributed by atoms with Gasteiger partial charge < -0.3 is 4.74 Å². The molecule has 0 radical (unpaired) electrons. The molecule has 3 spiro atoms. The highest BCUT2D eigenvalue weighted by Crippen LogP contribution is 2.82. The summed E-state index contributed by atoms with van der Waals surface area (Å²) in [5.74, 6) is 0. The maximum atomic E-state index is 6.03. The fourth-order valence-corrected chi connectivity index (χ4v) is 4.03. The van der Waals surface area contributed by atoms with Gasteiger partial charge in [-0.2, -0.15) is 0 Å². The van der Waals surface area contributed by atoms with Gasteiger partial charge >= 0.3 is 0 Å². The number of rotatable bonds is 0. The van der Waals surface area contributed by atoms with Crippen LogP contribution in [0.25, 0.3) is 0 Å². The molecule has 4 fully saturated rings. The SMILES string of the molecule is C1CC2(CC2)C2(CC2)C2(CC2)O1. The molecule has 0 atom stereocenters. The Morgan fingerprint density at radius 1 is 0.750 bits per heavy atom. The summed E-state index contributed by atoms with van der Waals surface area (Å²) in [6.07, 6.45) is 10.2. The Labute approximate surface area is 73.5 Å². The molecule has 0 unspecified atom stereocenters. The van der Waals surface area contributed by atoms with Gasteiger partial charge in [-0.05, 0) is 50.4 Å². The molecule has 4 aliphatic rings. The van der Waals surface area contributed by atoms with E-state index in [1.807, 2.05) is 0 Å². The van der Waals surface area contributed by atoms with Crippen LogP contribution < -0.4 is 0 Å². The van der Waals surface area contributed by atoms with Gasteiger partial charge in [0, 0.05) is 12.0 Å². The second-order valence-corrected chi connectivity index (χ2v) is 5.46. The van der Waals surface area contributed by atoms with Crippen LogP contribution in [0.1, 0.15) is 44.9 Å². The second kappa shape index (κ2) is 1.50. The first kappa shape index (κ1) is 6.42. The molecule has 1 heteroatoms. The highest BCUT2D eigenvalue weighted by atomic mass is 16.5. The molecule has 1 saturated heterocycles. The molecule has 66 valence electrons. The Morgan fingerprint density at radius 2 is 1.50 bits per heavy atom. The lowest BCUT2D eigenvalue weighted by molar-refractivity contribution is -0.101. The van der Waals surface area contributed by atoms with Gasteiger partial charge in [-0.15, -0.1) is 0 Å². The lowest BCUT2D eigenvalue weighted by Gasteiger charge is -2.40. The van der Waals surface area contributed by atoms with Crippen molar-refractivity contribution < 1.29 is 4.74 Å². The average molecular weight is 164 g/mol. The van der Waals surface area contributed by atoms with Crippen molar-refractivity contribution in [2.45, 2.75) is 50.5 Å². The van der Waals surface area contributed by atoms with Gasteiger partial charge in [-0.1, -0.05) is 0 Å². The Kier molecular flexibility index (Phi) is 0.800. The molecule has 1 heterocycles. The summed E-state index contributed by atoms with van der Waals surface area (Å²) in [5, 5.41) is 0. The zero-order valence-electron chi connectivity index (χ0n) is 7.57. The Hall–Kier alpha value is -0.0400. The molecule has 0 aromatic rings. The molecule has 0 aromatic heterocycles. The third-order valence-electron chi connectivity index (χ3n) is 5.15. The molecule has 0 aromatic carbocycles. The van der Waals surface area contributed by atoms with Crippen LogP contribution in [0.3, 0.4) is 0 Å². The van der Waals surface area contributed by atoms with Gasteiger partial charge in [0.25, 0.3) is 0 Å². The summed E-state index contributed by atoms with van der Waals surface area (Å²) in [7, 11) is 0. The van der Waals surface area contributed by atoms with E-state index in [-0.39, 0.29) is 0 Å². The van der Waals surface area contributed by atoms with Crippen molar-refractivity contribution >= 4 is 0 Å². The van der Waals surface area contributed by atoms with Crippen LogP contribution in [0, 0.1) is 10.8 Å². The van der Waals surface area contributed by atoms with Crippen molar-refractivity contribution in [3.05, 3.63) is 0 Å². The van der Waals surface area contributed by atoms with Crippen LogP contribution in [0.5, 0.6) is 0 Å². The standard InChI is InChI=1S/C11H16O/c1-2-9(1)7-8-12-11(5-6-11)10(9)3-4-10/h1-8H2. The summed E-state index contributed by atoms with van der Waals surface area (Å²) in [6.45, 7) is 1.07. The van der Waals surface area contributed by atoms with E-state index in [0.29, 0.717) is 5.60 Å². The Balaban J connectivity index is 1.81. The second-order valence-electron chi connectivity index (χ2n) is 5.46. The van der Waals surface area contributed by atoms with Crippen LogP contribution in [0.2, 0.25) is 0 Å². The van der Waals surface area contributed by atoms with E-state index in [4.69, 9.17) is 4.74 Å². The minimum absolute atomic E-state index is 0.432. The van der Waals surface area contributed by atoms with E-state index in [0.717, 1.165) is 17.4 Å². The average Bonchev–Trinajstić information content (AvgIpc) is 2.89. The van der Waals surface area contributed by atoms with Crippen molar-refractivity contribution in [1.82, 2.24) is 0 Å². The minimum Gasteiger partial charge on any atom is -0.374 e. The third kappa shape index (κ3) is 0.477. The molecule has 4 rings (SSSR count). The van der Waals surface area contributed by atoms with Gasteiger partial charge in [0.2, 0.25) is 0 Å². The first-order valence-corrected chi connectivity index (χ1v) is 5.47. The first-order valence-electron chi connectivity index (χ1n) is 5.47. The van der Waals surface area contributed by atoms with Crippen molar-refractivity contribution in [2.75, 3.05) is 6.61 Å². The zero-order valence-corrected chi connectivity index (χ0v) is 7.57.